The topological polar surface area (TPSA) is 58.6 Å². The number of rotatable bonds is 6. The number of carbonyl (C=O) groups is 1. The van der Waals surface area contributed by atoms with Crippen LogP contribution in [0.1, 0.15) is 25.7 Å². The molecule has 0 aromatic heterocycles. The minimum absolute atomic E-state index is 0.0341. The van der Waals surface area contributed by atoms with E-state index in [0.717, 1.165) is 12.8 Å². The first-order valence-electron chi connectivity index (χ1n) is 5.86. The minimum Gasteiger partial charge on any atom is -0.394 e. The number of aliphatic hydroxyl groups is 1. The maximum atomic E-state index is 11.8. The van der Waals surface area contributed by atoms with Crippen molar-refractivity contribution < 1.29 is 14.6 Å². The molecule has 1 aliphatic carbocycles. The predicted molar refractivity (Wildman–Crippen MR) is 70.7 cm³/mol. The third-order valence-electron chi connectivity index (χ3n) is 2.80. The Morgan fingerprint density at radius 2 is 2.12 bits per heavy atom. The summed E-state index contributed by atoms with van der Waals surface area (Å²) in [6, 6.07) is 0. The Morgan fingerprint density at radius 3 is 2.81 bits per heavy atom. The average Bonchev–Trinajstić information content (AvgIpc) is 2.29. The summed E-state index contributed by atoms with van der Waals surface area (Å²) in [7, 11) is 0. The van der Waals surface area contributed by atoms with Gasteiger partial charge in [0.25, 0.3) is 0 Å². The van der Waals surface area contributed by atoms with E-state index in [0.29, 0.717) is 23.7 Å². The van der Waals surface area contributed by atoms with Gasteiger partial charge in [0.1, 0.15) is 0 Å². The second-order valence-corrected chi connectivity index (χ2v) is 5.63. The molecule has 2 atom stereocenters. The highest BCUT2D eigenvalue weighted by molar-refractivity contribution is 14.1. The summed E-state index contributed by atoms with van der Waals surface area (Å²) in [4.78, 5) is 11.8. The Labute approximate surface area is 110 Å². The van der Waals surface area contributed by atoms with Crippen LogP contribution in [-0.4, -0.2) is 41.3 Å². The fraction of sp³-hybridized carbons (Fsp3) is 0.909. The van der Waals surface area contributed by atoms with Gasteiger partial charge < -0.3 is 15.2 Å². The SMILES string of the molecule is O=C(NCCOCCO)C1CCCCC1I. The van der Waals surface area contributed by atoms with Gasteiger partial charge in [0.2, 0.25) is 5.91 Å². The van der Waals surface area contributed by atoms with E-state index in [-0.39, 0.29) is 18.4 Å². The first-order valence-corrected chi connectivity index (χ1v) is 7.10. The van der Waals surface area contributed by atoms with Crippen molar-refractivity contribution in [1.82, 2.24) is 5.32 Å². The average molecular weight is 341 g/mol. The minimum atomic E-state index is 0.0341. The molecule has 0 aromatic carbocycles. The standard InChI is InChI=1S/C11H20INO3/c12-10-4-2-1-3-9(10)11(15)13-5-7-16-8-6-14/h9-10,14H,1-8H2,(H,13,15). The molecule has 0 heterocycles. The van der Waals surface area contributed by atoms with Crippen LogP contribution in [-0.2, 0) is 9.53 Å². The smallest absolute Gasteiger partial charge is 0.224 e. The highest BCUT2D eigenvalue weighted by Gasteiger charge is 2.28. The first-order chi connectivity index (χ1) is 7.75. The van der Waals surface area contributed by atoms with Crippen LogP contribution in [0.4, 0.5) is 0 Å². The number of aliphatic hydroxyl groups excluding tert-OH is 1. The van der Waals surface area contributed by atoms with Crippen molar-refractivity contribution in [1.29, 1.82) is 0 Å². The van der Waals surface area contributed by atoms with E-state index in [4.69, 9.17) is 9.84 Å². The fourth-order valence-corrected chi connectivity index (χ4v) is 3.05. The summed E-state index contributed by atoms with van der Waals surface area (Å²) < 4.78 is 5.56. The van der Waals surface area contributed by atoms with Crippen LogP contribution < -0.4 is 5.32 Å². The Hall–Kier alpha value is 0.120. The molecule has 0 radical (unpaired) electrons. The number of carbonyl (C=O) groups excluding carboxylic acids is 1. The van der Waals surface area contributed by atoms with Crippen LogP contribution in [0.5, 0.6) is 0 Å². The van der Waals surface area contributed by atoms with Crippen LogP contribution in [0.3, 0.4) is 0 Å². The van der Waals surface area contributed by atoms with E-state index in [2.05, 4.69) is 27.9 Å². The van der Waals surface area contributed by atoms with E-state index in [9.17, 15) is 4.79 Å². The molecular formula is C11H20INO3. The molecule has 1 aliphatic rings. The van der Waals surface area contributed by atoms with E-state index < -0.39 is 0 Å². The molecule has 4 nitrogen and oxygen atoms in total. The van der Waals surface area contributed by atoms with Gasteiger partial charge in [-0.15, -0.1) is 0 Å². The molecule has 0 aromatic rings. The summed E-state index contributed by atoms with van der Waals surface area (Å²) in [5, 5.41) is 11.4. The van der Waals surface area contributed by atoms with Crippen molar-refractivity contribution >= 4 is 28.5 Å². The van der Waals surface area contributed by atoms with Gasteiger partial charge in [0.05, 0.1) is 19.8 Å². The molecular weight excluding hydrogens is 321 g/mol. The lowest BCUT2D eigenvalue weighted by Gasteiger charge is -2.26. The van der Waals surface area contributed by atoms with Crippen molar-refractivity contribution in [2.75, 3.05) is 26.4 Å². The molecule has 0 bridgehead atoms. The highest BCUT2D eigenvalue weighted by Crippen LogP contribution is 2.30. The van der Waals surface area contributed by atoms with Crippen LogP contribution >= 0.6 is 22.6 Å². The Kier molecular flexibility index (Phi) is 7.31. The summed E-state index contributed by atoms with van der Waals surface area (Å²) >= 11 is 2.38. The van der Waals surface area contributed by atoms with E-state index in [1.165, 1.54) is 12.8 Å². The number of nitrogens with one attached hydrogen (secondary N) is 1. The number of halogens is 1. The quantitative estimate of drug-likeness (QED) is 0.432. The lowest BCUT2D eigenvalue weighted by Crippen LogP contribution is -2.38. The van der Waals surface area contributed by atoms with E-state index in [1.807, 2.05) is 0 Å². The summed E-state index contributed by atoms with van der Waals surface area (Å²) in [5.41, 5.74) is 0. The third kappa shape index (κ3) is 4.97. The highest BCUT2D eigenvalue weighted by atomic mass is 127. The molecule has 2 N–H and O–H groups in total. The van der Waals surface area contributed by atoms with Crippen LogP contribution in [0.25, 0.3) is 0 Å². The lowest BCUT2D eigenvalue weighted by molar-refractivity contribution is -0.125. The largest absolute Gasteiger partial charge is 0.394 e. The Bertz CT molecular complexity index is 213. The van der Waals surface area contributed by atoms with Gasteiger partial charge >= 0.3 is 0 Å². The number of hydrogen-bond donors (Lipinski definition) is 2. The second kappa shape index (κ2) is 8.25. The third-order valence-corrected chi connectivity index (χ3v) is 4.29. The fourth-order valence-electron chi connectivity index (χ4n) is 1.93. The molecule has 94 valence electrons. The van der Waals surface area contributed by atoms with Gasteiger partial charge in [0.15, 0.2) is 0 Å². The zero-order valence-corrected chi connectivity index (χ0v) is 11.6. The van der Waals surface area contributed by atoms with Crippen molar-refractivity contribution in [2.45, 2.75) is 29.6 Å². The predicted octanol–water partition coefficient (Wildman–Crippen LogP) is 1.11. The Balaban J connectivity index is 2.13. The summed E-state index contributed by atoms with van der Waals surface area (Å²) in [5.74, 6) is 0.332. The van der Waals surface area contributed by atoms with Gasteiger partial charge in [0, 0.05) is 16.4 Å². The van der Waals surface area contributed by atoms with Crippen LogP contribution in [0, 0.1) is 5.92 Å². The second-order valence-electron chi connectivity index (χ2n) is 4.03. The number of amides is 1. The Morgan fingerprint density at radius 1 is 1.38 bits per heavy atom. The van der Waals surface area contributed by atoms with Gasteiger partial charge in [-0.25, -0.2) is 0 Å². The molecule has 0 spiro atoms. The first kappa shape index (κ1) is 14.2. The molecule has 1 saturated carbocycles. The normalized spacial score (nSPS) is 25.4. The molecule has 0 saturated heterocycles. The molecule has 1 amide bonds. The number of hydrogen-bond acceptors (Lipinski definition) is 3. The summed E-state index contributed by atoms with van der Waals surface area (Å²) in [6.07, 6.45) is 4.58. The van der Waals surface area contributed by atoms with Crippen molar-refractivity contribution in [3.63, 3.8) is 0 Å². The monoisotopic (exact) mass is 341 g/mol. The van der Waals surface area contributed by atoms with Crippen molar-refractivity contribution in [3.8, 4) is 0 Å². The number of alkyl halides is 1. The van der Waals surface area contributed by atoms with Crippen LogP contribution in [0.15, 0.2) is 0 Å². The van der Waals surface area contributed by atoms with E-state index in [1.54, 1.807) is 0 Å². The van der Waals surface area contributed by atoms with Crippen molar-refractivity contribution in [2.24, 2.45) is 5.92 Å². The van der Waals surface area contributed by atoms with Gasteiger partial charge in [-0.05, 0) is 12.8 Å². The summed E-state index contributed by atoms with van der Waals surface area (Å²) in [6.45, 7) is 1.39. The van der Waals surface area contributed by atoms with Crippen LogP contribution in [0.2, 0.25) is 0 Å². The molecule has 0 aliphatic heterocycles. The maximum Gasteiger partial charge on any atom is 0.224 e. The van der Waals surface area contributed by atoms with Gasteiger partial charge in [-0.1, -0.05) is 35.4 Å². The van der Waals surface area contributed by atoms with Gasteiger partial charge in [-0.2, -0.15) is 0 Å². The zero-order chi connectivity index (χ0) is 11.8. The zero-order valence-electron chi connectivity index (χ0n) is 9.45. The molecule has 1 rings (SSSR count). The van der Waals surface area contributed by atoms with E-state index >= 15 is 0 Å². The number of ether oxygens (including phenoxy) is 1. The molecule has 1 fully saturated rings. The lowest BCUT2D eigenvalue weighted by atomic mass is 9.88. The molecule has 2 unspecified atom stereocenters. The molecule has 16 heavy (non-hydrogen) atoms. The maximum absolute atomic E-state index is 11.8. The molecule has 5 heteroatoms. The van der Waals surface area contributed by atoms with Crippen molar-refractivity contribution in [3.05, 3.63) is 0 Å². The van der Waals surface area contributed by atoms with Gasteiger partial charge in [-0.3, -0.25) is 4.79 Å².